The van der Waals surface area contributed by atoms with Gasteiger partial charge in [-0.2, -0.15) is 0 Å². The second kappa shape index (κ2) is 10.8. The minimum atomic E-state index is -3.98. The molecule has 0 bridgehead atoms. The lowest BCUT2D eigenvalue weighted by Crippen LogP contribution is -2.32. The highest BCUT2D eigenvalue weighted by atomic mass is 35.5. The Balaban J connectivity index is 1.73. The zero-order valence-electron chi connectivity index (χ0n) is 21.1. The molecule has 0 spiro atoms. The van der Waals surface area contributed by atoms with Crippen LogP contribution in [0, 0.1) is 12.8 Å². The number of amides is 1. The molecular formula is C26H26ClN5O5S. The number of hydrogen-bond acceptors (Lipinski definition) is 7. The van der Waals surface area contributed by atoms with Crippen molar-refractivity contribution in [2.24, 2.45) is 5.92 Å². The summed E-state index contributed by atoms with van der Waals surface area (Å²) in [5, 5.41) is 3.35. The third-order valence-electron chi connectivity index (χ3n) is 6.04. The second-order valence-corrected chi connectivity index (χ2v) is 10.8. The van der Waals surface area contributed by atoms with Crippen LogP contribution >= 0.6 is 11.6 Å². The van der Waals surface area contributed by atoms with E-state index in [4.69, 9.17) is 16.3 Å². The number of hydrogen-bond donors (Lipinski definition) is 2. The van der Waals surface area contributed by atoms with Gasteiger partial charge in [0.15, 0.2) is 0 Å². The average molecular weight is 556 g/mol. The largest absolute Gasteiger partial charge is 0.480 e. The van der Waals surface area contributed by atoms with E-state index in [0.717, 1.165) is 0 Å². The van der Waals surface area contributed by atoms with Gasteiger partial charge in [-0.15, -0.1) is 0 Å². The first kappa shape index (κ1) is 27.1. The van der Waals surface area contributed by atoms with Crippen molar-refractivity contribution in [2.75, 3.05) is 18.9 Å². The van der Waals surface area contributed by atoms with Crippen LogP contribution in [0.2, 0.25) is 5.02 Å². The van der Waals surface area contributed by atoms with Crippen LogP contribution in [0.4, 0.5) is 5.69 Å². The average Bonchev–Trinajstić information content (AvgIpc) is 2.89. The Hall–Kier alpha value is -3.96. The van der Waals surface area contributed by atoms with Crippen LogP contribution < -0.4 is 20.3 Å². The van der Waals surface area contributed by atoms with Crippen molar-refractivity contribution in [3.63, 3.8) is 0 Å². The SMILES string of the molecule is CNC(=O)[C@H](C)Cn1cnc2ccc(-c3cnc(OC)c(NS(=O)(=O)c4ccc(Cl)cc4C)c3)cc2c1=O. The van der Waals surface area contributed by atoms with Gasteiger partial charge in [-0.05, 0) is 54.4 Å². The van der Waals surface area contributed by atoms with Crippen molar-refractivity contribution in [1.29, 1.82) is 0 Å². The van der Waals surface area contributed by atoms with Crippen LogP contribution in [0.15, 0.2) is 64.7 Å². The van der Waals surface area contributed by atoms with Gasteiger partial charge in [-0.3, -0.25) is 18.9 Å². The number of ether oxygens (including phenoxy) is 1. The number of fused-ring (bicyclic) bond motifs is 1. The first-order chi connectivity index (χ1) is 18.0. The lowest BCUT2D eigenvalue weighted by atomic mass is 10.0. The standard InChI is InChI=1S/C26H26ClN5O5S/c1-15-9-19(27)6-8-23(15)38(35,36)31-22-11-18(12-29-25(22)37-4)17-5-7-21-20(10-17)26(34)32(14-30-21)13-16(2)24(33)28-3/h5-12,14,16,31H,13H2,1-4H3,(H,28,33)/t16-/m1/s1. The number of sulfonamides is 1. The molecule has 0 radical (unpaired) electrons. The van der Waals surface area contributed by atoms with E-state index < -0.39 is 15.9 Å². The minimum absolute atomic E-state index is 0.0673. The monoisotopic (exact) mass is 555 g/mol. The molecule has 1 amide bonds. The molecule has 12 heteroatoms. The number of pyridine rings is 1. The molecule has 0 fully saturated rings. The molecule has 4 aromatic rings. The molecule has 2 heterocycles. The van der Waals surface area contributed by atoms with Crippen LogP contribution in [0.3, 0.4) is 0 Å². The van der Waals surface area contributed by atoms with Crippen molar-refractivity contribution >= 4 is 44.1 Å². The first-order valence-electron chi connectivity index (χ1n) is 11.6. The Morgan fingerprint density at radius 3 is 2.58 bits per heavy atom. The molecule has 10 nitrogen and oxygen atoms in total. The van der Waals surface area contributed by atoms with Gasteiger partial charge < -0.3 is 10.1 Å². The van der Waals surface area contributed by atoms with Gasteiger partial charge in [0.1, 0.15) is 5.69 Å². The number of benzene rings is 2. The van der Waals surface area contributed by atoms with E-state index in [0.29, 0.717) is 32.6 Å². The Bertz CT molecular complexity index is 1700. The fraction of sp³-hybridized carbons (Fsp3) is 0.231. The van der Waals surface area contributed by atoms with Gasteiger partial charge in [0, 0.05) is 30.4 Å². The van der Waals surface area contributed by atoms with Crippen molar-refractivity contribution < 1.29 is 17.9 Å². The summed E-state index contributed by atoms with van der Waals surface area (Å²) in [6.07, 6.45) is 2.94. The highest BCUT2D eigenvalue weighted by molar-refractivity contribution is 7.92. The Labute approximate surface area is 224 Å². The first-order valence-corrected chi connectivity index (χ1v) is 13.4. The number of anilines is 1. The number of methoxy groups -OCH3 is 1. The molecule has 198 valence electrons. The molecule has 2 aromatic carbocycles. The van der Waals surface area contributed by atoms with Gasteiger partial charge in [0.05, 0.1) is 35.2 Å². The Morgan fingerprint density at radius 1 is 1.13 bits per heavy atom. The van der Waals surface area contributed by atoms with E-state index in [1.54, 1.807) is 51.2 Å². The van der Waals surface area contributed by atoms with E-state index in [1.165, 1.54) is 36.3 Å². The Morgan fingerprint density at radius 2 is 1.89 bits per heavy atom. The highest BCUT2D eigenvalue weighted by Gasteiger charge is 2.21. The number of aromatic nitrogens is 3. The number of aryl methyl sites for hydroxylation is 1. The predicted octanol–water partition coefficient (Wildman–Crippen LogP) is 3.61. The number of carbonyl (C=O) groups excluding carboxylic acids is 1. The van der Waals surface area contributed by atoms with Gasteiger partial charge in [0.2, 0.25) is 11.8 Å². The van der Waals surface area contributed by atoms with E-state index >= 15 is 0 Å². The second-order valence-electron chi connectivity index (χ2n) is 8.75. The Kier molecular flexibility index (Phi) is 7.70. The molecule has 4 rings (SSSR count). The molecule has 2 N–H and O–H groups in total. The molecule has 1 atom stereocenters. The summed E-state index contributed by atoms with van der Waals surface area (Å²) in [6, 6.07) is 11.2. The summed E-state index contributed by atoms with van der Waals surface area (Å²) in [4.78, 5) is 33.8. The summed E-state index contributed by atoms with van der Waals surface area (Å²) in [5.41, 5.74) is 1.97. The van der Waals surface area contributed by atoms with E-state index in [1.807, 2.05) is 0 Å². The molecular weight excluding hydrogens is 530 g/mol. The maximum absolute atomic E-state index is 13.2. The topological polar surface area (TPSA) is 132 Å². The number of nitrogens with one attached hydrogen (secondary N) is 2. The quantitative estimate of drug-likeness (QED) is 0.339. The molecule has 0 saturated heterocycles. The summed E-state index contributed by atoms with van der Waals surface area (Å²) in [6.45, 7) is 3.55. The highest BCUT2D eigenvalue weighted by Crippen LogP contribution is 2.31. The summed E-state index contributed by atoms with van der Waals surface area (Å²) < 4.78 is 35.5. The van der Waals surface area contributed by atoms with Gasteiger partial charge in [0.25, 0.3) is 15.6 Å². The van der Waals surface area contributed by atoms with Gasteiger partial charge in [-0.25, -0.2) is 18.4 Å². The maximum Gasteiger partial charge on any atom is 0.262 e. The normalized spacial score (nSPS) is 12.2. The fourth-order valence-corrected chi connectivity index (χ4v) is 5.56. The van der Waals surface area contributed by atoms with Crippen LogP contribution in [0.25, 0.3) is 22.0 Å². The zero-order valence-corrected chi connectivity index (χ0v) is 22.7. The number of nitrogens with zero attached hydrogens (tertiary/aromatic N) is 3. The third kappa shape index (κ3) is 5.48. The summed E-state index contributed by atoms with van der Waals surface area (Å²) in [7, 11) is -1.06. The number of carbonyl (C=O) groups is 1. The van der Waals surface area contributed by atoms with Crippen molar-refractivity contribution in [3.8, 4) is 17.0 Å². The molecule has 0 aliphatic rings. The molecule has 2 aromatic heterocycles. The molecule has 0 aliphatic heterocycles. The smallest absolute Gasteiger partial charge is 0.262 e. The van der Waals surface area contributed by atoms with Crippen molar-refractivity contribution in [2.45, 2.75) is 25.3 Å². The van der Waals surface area contributed by atoms with Crippen LogP contribution in [0.5, 0.6) is 5.88 Å². The fourth-order valence-electron chi connectivity index (χ4n) is 4.05. The minimum Gasteiger partial charge on any atom is -0.480 e. The predicted molar refractivity (Wildman–Crippen MR) is 146 cm³/mol. The number of halogens is 1. The molecule has 38 heavy (non-hydrogen) atoms. The van der Waals surface area contributed by atoms with Crippen LogP contribution in [-0.4, -0.2) is 43.0 Å². The van der Waals surface area contributed by atoms with E-state index in [-0.39, 0.29) is 34.5 Å². The van der Waals surface area contributed by atoms with E-state index in [2.05, 4.69) is 20.0 Å². The van der Waals surface area contributed by atoms with Crippen molar-refractivity contribution in [3.05, 3.63) is 75.9 Å². The molecule has 0 unspecified atom stereocenters. The lowest BCUT2D eigenvalue weighted by molar-refractivity contribution is -0.124. The van der Waals surface area contributed by atoms with Gasteiger partial charge in [-0.1, -0.05) is 24.6 Å². The van der Waals surface area contributed by atoms with Crippen LogP contribution in [-0.2, 0) is 21.4 Å². The summed E-state index contributed by atoms with van der Waals surface area (Å²) in [5.74, 6) is -0.526. The number of rotatable bonds is 8. The van der Waals surface area contributed by atoms with Crippen molar-refractivity contribution in [1.82, 2.24) is 19.9 Å². The maximum atomic E-state index is 13.2. The van der Waals surface area contributed by atoms with E-state index in [9.17, 15) is 18.0 Å². The van der Waals surface area contributed by atoms with Gasteiger partial charge >= 0.3 is 0 Å². The summed E-state index contributed by atoms with van der Waals surface area (Å²) >= 11 is 5.98. The third-order valence-corrected chi connectivity index (χ3v) is 7.80. The molecule has 0 aliphatic carbocycles. The van der Waals surface area contributed by atoms with Crippen LogP contribution in [0.1, 0.15) is 12.5 Å². The zero-order chi connectivity index (χ0) is 27.6. The molecule has 0 saturated carbocycles. The lowest BCUT2D eigenvalue weighted by Gasteiger charge is -2.14.